The summed E-state index contributed by atoms with van der Waals surface area (Å²) in [5.74, 6) is 0. The van der Waals surface area contributed by atoms with Gasteiger partial charge in [-0.2, -0.15) is 0 Å². The van der Waals surface area contributed by atoms with Crippen molar-refractivity contribution in [2.24, 2.45) is 0 Å². The van der Waals surface area contributed by atoms with Gasteiger partial charge in [0.2, 0.25) is 0 Å². The summed E-state index contributed by atoms with van der Waals surface area (Å²) in [6.45, 7) is 1.64. The van der Waals surface area contributed by atoms with Crippen LogP contribution in [0.3, 0.4) is 0 Å². The molecule has 49 valence electrons. The Morgan fingerprint density at radius 2 is 2.67 bits per heavy atom. The first-order valence-electron chi connectivity index (χ1n) is 3.31. The maximum atomic E-state index is 5.29. The Balaban J connectivity index is 2.09. The van der Waals surface area contributed by atoms with Crippen LogP contribution in [0.15, 0.2) is 12.2 Å². The van der Waals surface area contributed by atoms with E-state index in [0.717, 1.165) is 19.6 Å². The summed E-state index contributed by atoms with van der Waals surface area (Å²) >= 11 is 0. The van der Waals surface area contributed by atoms with E-state index in [1.807, 2.05) is 0 Å². The van der Waals surface area contributed by atoms with Gasteiger partial charge in [-0.1, -0.05) is 12.2 Å². The molecule has 9 heavy (non-hydrogen) atoms. The number of fused-ring (bicyclic) bond motifs is 2. The summed E-state index contributed by atoms with van der Waals surface area (Å²) in [7, 11) is 0. The molecule has 1 saturated heterocycles. The number of hydrogen-bond donors (Lipinski definition) is 1. The summed E-state index contributed by atoms with van der Waals surface area (Å²) in [4.78, 5) is 0. The molecule has 0 aromatic rings. The predicted octanol–water partition coefficient (Wildman–Crippen LogP) is 0.467. The van der Waals surface area contributed by atoms with Crippen LogP contribution in [0.5, 0.6) is 0 Å². The second kappa shape index (κ2) is 2.12. The Labute approximate surface area is 54.9 Å². The number of ether oxygens (including phenoxy) is 1. The second-order valence-corrected chi connectivity index (χ2v) is 2.50. The van der Waals surface area contributed by atoms with Crippen LogP contribution in [-0.4, -0.2) is 19.3 Å². The average Bonchev–Trinajstić information content (AvgIpc) is 1.88. The van der Waals surface area contributed by atoms with Crippen LogP contribution in [0.1, 0.15) is 6.42 Å². The van der Waals surface area contributed by atoms with Crippen molar-refractivity contribution in [3.05, 3.63) is 18.2 Å². The van der Waals surface area contributed by atoms with E-state index in [1.54, 1.807) is 0 Å². The van der Waals surface area contributed by atoms with E-state index < -0.39 is 0 Å². The summed E-state index contributed by atoms with van der Waals surface area (Å²) in [5, 5.41) is 3.36. The van der Waals surface area contributed by atoms with E-state index in [9.17, 15) is 0 Å². The summed E-state index contributed by atoms with van der Waals surface area (Å²) in [6.07, 6.45) is 5.43. The van der Waals surface area contributed by atoms with Gasteiger partial charge in [0.25, 0.3) is 0 Å². The minimum atomic E-state index is 0.461. The van der Waals surface area contributed by atoms with Crippen molar-refractivity contribution in [3.63, 3.8) is 0 Å². The average molecular weight is 124 g/mol. The molecule has 2 heterocycles. The van der Waals surface area contributed by atoms with Crippen LogP contribution >= 0.6 is 0 Å². The molecule has 0 aliphatic carbocycles. The zero-order valence-corrected chi connectivity index (χ0v) is 5.26. The first-order chi connectivity index (χ1) is 4.45. The van der Waals surface area contributed by atoms with Crippen LogP contribution in [-0.2, 0) is 4.74 Å². The van der Waals surface area contributed by atoms with Gasteiger partial charge in [-0.05, 0) is 6.42 Å². The van der Waals surface area contributed by atoms with Gasteiger partial charge in [0.15, 0.2) is 0 Å². The standard InChI is InChI=1S/C7H10NO/c1-2-6-4-9-5-7(3-1)8-6/h1-2,6,8H,3-5H2. The number of morpholine rings is 1. The Bertz CT molecular complexity index is 133. The molecule has 1 N–H and O–H groups in total. The van der Waals surface area contributed by atoms with Gasteiger partial charge in [-0.25, -0.2) is 0 Å². The summed E-state index contributed by atoms with van der Waals surface area (Å²) in [5.41, 5.74) is 0. The number of rotatable bonds is 0. The molecule has 2 aliphatic rings. The smallest absolute Gasteiger partial charge is 0.0671 e. The van der Waals surface area contributed by atoms with Crippen molar-refractivity contribution in [1.82, 2.24) is 5.32 Å². The van der Waals surface area contributed by atoms with Crippen molar-refractivity contribution in [3.8, 4) is 0 Å². The van der Waals surface area contributed by atoms with Crippen LogP contribution < -0.4 is 5.32 Å². The van der Waals surface area contributed by atoms with Gasteiger partial charge in [0.05, 0.1) is 19.3 Å². The fraction of sp³-hybridized carbons (Fsp3) is 0.571. The third-order valence-electron chi connectivity index (χ3n) is 1.70. The Morgan fingerprint density at radius 1 is 1.67 bits per heavy atom. The molecule has 2 bridgehead atoms. The number of hydrogen-bond acceptors (Lipinski definition) is 2. The minimum absolute atomic E-state index is 0.461. The van der Waals surface area contributed by atoms with Gasteiger partial charge in [-0.3, -0.25) is 5.32 Å². The van der Waals surface area contributed by atoms with Crippen molar-refractivity contribution >= 4 is 0 Å². The highest BCUT2D eigenvalue weighted by Gasteiger charge is 2.21. The molecule has 1 unspecified atom stereocenters. The topological polar surface area (TPSA) is 21.3 Å². The molecule has 0 spiro atoms. The minimum Gasteiger partial charge on any atom is -0.377 e. The SMILES string of the molecule is C1=CC2COC[C](C1)N2. The van der Waals surface area contributed by atoms with Crippen LogP contribution in [0, 0.1) is 6.04 Å². The molecule has 2 rings (SSSR count). The third-order valence-corrected chi connectivity index (χ3v) is 1.70. The molecule has 0 aromatic heterocycles. The zero-order chi connectivity index (χ0) is 6.10. The van der Waals surface area contributed by atoms with E-state index in [-0.39, 0.29) is 0 Å². The molecule has 1 radical (unpaired) electrons. The fourth-order valence-electron chi connectivity index (χ4n) is 1.25. The third kappa shape index (κ3) is 1.00. The lowest BCUT2D eigenvalue weighted by molar-refractivity contribution is 0.0874. The van der Waals surface area contributed by atoms with Crippen LogP contribution in [0.25, 0.3) is 0 Å². The first kappa shape index (κ1) is 5.45. The van der Waals surface area contributed by atoms with Gasteiger partial charge in [-0.15, -0.1) is 0 Å². The predicted molar refractivity (Wildman–Crippen MR) is 34.7 cm³/mol. The van der Waals surface area contributed by atoms with Crippen molar-refractivity contribution < 1.29 is 4.74 Å². The second-order valence-electron chi connectivity index (χ2n) is 2.50. The molecule has 0 aromatic carbocycles. The van der Waals surface area contributed by atoms with E-state index >= 15 is 0 Å². The summed E-state index contributed by atoms with van der Waals surface area (Å²) < 4.78 is 5.29. The van der Waals surface area contributed by atoms with Gasteiger partial charge >= 0.3 is 0 Å². The van der Waals surface area contributed by atoms with Gasteiger partial charge < -0.3 is 4.74 Å². The first-order valence-corrected chi connectivity index (χ1v) is 3.31. The maximum absolute atomic E-state index is 5.29. The highest BCUT2D eigenvalue weighted by molar-refractivity contribution is 5.11. The number of nitrogens with one attached hydrogen (secondary N) is 1. The largest absolute Gasteiger partial charge is 0.377 e. The molecule has 2 aliphatic heterocycles. The zero-order valence-electron chi connectivity index (χ0n) is 5.26. The highest BCUT2D eigenvalue weighted by atomic mass is 16.5. The van der Waals surface area contributed by atoms with E-state index in [4.69, 9.17) is 4.74 Å². The van der Waals surface area contributed by atoms with Crippen molar-refractivity contribution in [2.45, 2.75) is 12.5 Å². The molecule has 2 nitrogen and oxygen atoms in total. The van der Waals surface area contributed by atoms with Crippen molar-refractivity contribution in [2.75, 3.05) is 13.2 Å². The lowest BCUT2D eigenvalue weighted by Crippen LogP contribution is -2.44. The lowest BCUT2D eigenvalue weighted by atomic mass is 10.1. The summed E-state index contributed by atoms with van der Waals surface area (Å²) in [6, 6.07) is 1.79. The molecule has 2 heteroatoms. The molecule has 1 atom stereocenters. The van der Waals surface area contributed by atoms with E-state index in [0.29, 0.717) is 6.04 Å². The van der Waals surface area contributed by atoms with Crippen LogP contribution in [0.4, 0.5) is 0 Å². The van der Waals surface area contributed by atoms with Gasteiger partial charge in [0, 0.05) is 6.04 Å². The quantitative estimate of drug-likeness (QED) is 0.474. The highest BCUT2D eigenvalue weighted by Crippen LogP contribution is 2.15. The Hall–Kier alpha value is -0.340. The van der Waals surface area contributed by atoms with Crippen molar-refractivity contribution in [1.29, 1.82) is 0 Å². The van der Waals surface area contributed by atoms with E-state index in [1.165, 1.54) is 6.04 Å². The lowest BCUT2D eigenvalue weighted by Gasteiger charge is -2.31. The molecule has 0 amide bonds. The monoisotopic (exact) mass is 124 g/mol. The Kier molecular flexibility index (Phi) is 1.28. The maximum Gasteiger partial charge on any atom is 0.0671 e. The molecule has 1 fully saturated rings. The molecular formula is C7H10NO. The molecular weight excluding hydrogens is 114 g/mol. The van der Waals surface area contributed by atoms with Gasteiger partial charge in [0.1, 0.15) is 0 Å². The van der Waals surface area contributed by atoms with E-state index in [2.05, 4.69) is 17.5 Å². The fourth-order valence-corrected chi connectivity index (χ4v) is 1.25. The van der Waals surface area contributed by atoms with Crippen LogP contribution in [0.2, 0.25) is 0 Å². The molecule has 0 saturated carbocycles. The Morgan fingerprint density at radius 3 is 3.44 bits per heavy atom. The normalized spacial score (nSPS) is 34.9.